The molecule has 10 rings (SSSR count). The zero-order valence-corrected chi connectivity index (χ0v) is 35.9. The van der Waals surface area contributed by atoms with Gasteiger partial charge in [-0.05, 0) is 119 Å². The van der Waals surface area contributed by atoms with Crippen LogP contribution >= 0.6 is 0 Å². The summed E-state index contributed by atoms with van der Waals surface area (Å²) in [6.45, 7) is 14.7. The second-order valence-electron chi connectivity index (χ2n) is 18.5. The Morgan fingerprint density at radius 3 is 2.26 bits per heavy atom. The number of rotatable bonds is 10. The second kappa shape index (κ2) is 15.8. The molecule has 5 saturated heterocycles. The minimum atomic E-state index is -0.430. The molecule has 2 aromatic heterocycles. The lowest BCUT2D eigenvalue weighted by molar-refractivity contribution is -0.126. The van der Waals surface area contributed by atoms with Crippen LogP contribution in [0.3, 0.4) is 0 Å². The van der Waals surface area contributed by atoms with E-state index in [0.717, 1.165) is 134 Å². The maximum atomic E-state index is 13.5. The van der Waals surface area contributed by atoms with E-state index >= 15 is 0 Å². The lowest BCUT2D eigenvalue weighted by atomic mass is 9.71. The van der Waals surface area contributed by atoms with Crippen molar-refractivity contribution in [3.63, 3.8) is 0 Å². The molecule has 61 heavy (non-hydrogen) atoms. The summed E-state index contributed by atoms with van der Waals surface area (Å²) in [5.41, 5.74) is 6.84. The summed E-state index contributed by atoms with van der Waals surface area (Å²) in [4.78, 5) is 55.5. The highest BCUT2D eigenvalue weighted by Gasteiger charge is 2.46. The summed E-state index contributed by atoms with van der Waals surface area (Å²) in [5.74, 6) is 3.02. The Kier molecular flexibility index (Phi) is 10.3. The molecule has 5 fully saturated rings. The molecule has 6 aliphatic rings. The largest absolute Gasteiger partial charge is 0.496 e. The number of pyridine rings is 2. The number of anilines is 2. The van der Waals surface area contributed by atoms with Gasteiger partial charge in [-0.3, -0.25) is 19.3 Å². The Morgan fingerprint density at radius 2 is 1.59 bits per heavy atom. The van der Waals surface area contributed by atoms with Crippen molar-refractivity contribution in [1.82, 2.24) is 29.6 Å². The van der Waals surface area contributed by atoms with Crippen LogP contribution in [0.25, 0.3) is 21.9 Å². The molecular weight excluding hydrogens is 769 g/mol. The molecule has 0 bridgehead atoms. The molecule has 1 spiro atoms. The van der Waals surface area contributed by atoms with E-state index < -0.39 is 6.04 Å². The van der Waals surface area contributed by atoms with Crippen molar-refractivity contribution in [3.8, 4) is 22.6 Å². The average molecular weight is 827 g/mol. The molecule has 0 radical (unpaired) electrons. The van der Waals surface area contributed by atoms with Crippen LogP contribution in [0.5, 0.6) is 11.5 Å². The first-order valence-corrected chi connectivity index (χ1v) is 22.2. The average Bonchev–Trinajstić information content (AvgIpc) is 3.56. The molecule has 0 unspecified atom stereocenters. The van der Waals surface area contributed by atoms with Crippen LogP contribution in [0, 0.1) is 11.3 Å². The molecule has 0 aliphatic carbocycles. The maximum Gasteiger partial charge on any atom is 0.259 e. The van der Waals surface area contributed by atoms with Crippen LogP contribution < -0.4 is 30.1 Å². The number of piperidine rings is 3. The zero-order valence-electron chi connectivity index (χ0n) is 35.9. The van der Waals surface area contributed by atoms with Gasteiger partial charge in [0, 0.05) is 98.6 Å². The number of nitrogens with one attached hydrogen (secondary N) is 1. The molecule has 13 heteroatoms. The van der Waals surface area contributed by atoms with Gasteiger partial charge in [0.2, 0.25) is 5.91 Å². The highest BCUT2D eigenvalue weighted by molar-refractivity contribution is 6.02. The number of aryl methyl sites for hydroxylation is 1. The highest BCUT2D eigenvalue weighted by Crippen LogP contribution is 2.44. The summed E-state index contributed by atoms with van der Waals surface area (Å²) >= 11 is 0. The van der Waals surface area contributed by atoms with E-state index in [9.17, 15) is 14.4 Å². The number of methoxy groups -OCH3 is 2. The van der Waals surface area contributed by atoms with Crippen molar-refractivity contribution in [2.24, 2.45) is 18.4 Å². The van der Waals surface area contributed by atoms with Gasteiger partial charge < -0.3 is 39.0 Å². The van der Waals surface area contributed by atoms with Crippen molar-refractivity contribution in [2.75, 3.05) is 82.9 Å². The standard InChI is InChI=1S/C48H58N8O5/c1-31-6-9-41(45(57)50-31)56-26-33-7-8-35(22-36(33)47(56)59)55-29-48(30-55)12-18-53(19-13-48)25-32-10-16-52(17-11-32)28-40-42(60-3)20-34(21-43(40)61-4)39-27-51(2)46(58)38-24-49-44(23-37(38)39)54-14-5-15-54/h7-8,20-24,27,32,41H,1,5-6,9-19,25-26,28-30H2,2-4H3,(H,50,57)/t41-/m1/s1. The first-order valence-electron chi connectivity index (χ1n) is 22.2. The third-order valence-corrected chi connectivity index (χ3v) is 14.7. The minimum Gasteiger partial charge on any atom is -0.496 e. The molecular formula is C48H58N8O5. The van der Waals surface area contributed by atoms with Crippen molar-refractivity contribution in [1.29, 1.82) is 0 Å². The van der Waals surface area contributed by atoms with Crippen molar-refractivity contribution >= 4 is 34.1 Å². The van der Waals surface area contributed by atoms with Gasteiger partial charge in [-0.2, -0.15) is 0 Å². The van der Waals surface area contributed by atoms with E-state index in [1.54, 1.807) is 36.9 Å². The number of ether oxygens (including phenoxy) is 2. The van der Waals surface area contributed by atoms with E-state index in [1.165, 1.54) is 25.7 Å². The van der Waals surface area contributed by atoms with Gasteiger partial charge in [0.15, 0.2) is 0 Å². The number of allylic oxidation sites excluding steroid dienone is 1. The smallest absolute Gasteiger partial charge is 0.259 e. The normalized spacial score (nSPS) is 22.0. The quantitative estimate of drug-likeness (QED) is 0.223. The third kappa shape index (κ3) is 7.33. The number of fused-ring (bicyclic) bond motifs is 2. The van der Waals surface area contributed by atoms with Gasteiger partial charge in [-0.25, -0.2) is 4.98 Å². The number of carbonyl (C=O) groups is 2. The second-order valence-corrected chi connectivity index (χ2v) is 18.5. The number of amides is 2. The number of hydrogen-bond donors (Lipinski definition) is 1. The Bertz CT molecular complexity index is 2430. The predicted octanol–water partition coefficient (Wildman–Crippen LogP) is 5.39. The van der Waals surface area contributed by atoms with E-state index in [0.29, 0.717) is 36.1 Å². The topological polar surface area (TPSA) is 116 Å². The molecule has 1 atom stereocenters. The van der Waals surface area contributed by atoms with Crippen LogP contribution in [0.2, 0.25) is 0 Å². The fourth-order valence-electron chi connectivity index (χ4n) is 10.8. The summed E-state index contributed by atoms with van der Waals surface area (Å²) < 4.78 is 13.7. The summed E-state index contributed by atoms with van der Waals surface area (Å²) in [6, 6.07) is 12.1. The molecule has 2 amide bonds. The monoisotopic (exact) mass is 826 g/mol. The highest BCUT2D eigenvalue weighted by atomic mass is 16.5. The number of benzene rings is 2. The molecule has 8 heterocycles. The van der Waals surface area contributed by atoms with E-state index in [-0.39, 0.29) is 17.4 Å². The van der Waals surface area contributed by atoms with Crippen LogP contribution in [-0.2, 0) is 24.9 Å². The van der Waals surface area contributed by atoms with Crippen LogP contribution in [0.1, 0.15) is 66.4 Å². The van der Waals surface area contributed by atoms with Crippen LogP contribution in [0.15, 0.2) is 65.9 Å². The Balaban J connectivity index is 0.727. The maximum absolute atomic E-state index is 13.5. The lowest BCUT2D eigenvalue weighted by Gasteiger charge is -2.55. The van der Waals surface area contributed by atoms with E-state index in [1.807, 2.05) is 6.20 Å². The number of hydrogen-bond acceptors (Lipinski definition) is 10. The third-order valence-electron chi connectivity index (χ3n) is 14.7. The number of carbonyl (C=O) groups excluding carboxylic acids is 2. The number of likely N-dealkylation sites (tertiary alicyclic amines) is 2. The Morgan fingerprint density at radius 1 is 0.852 bits per heavy atom. The first kappa shape index (κ1) is 39.7. The van der Waals surface area contributed by atoms with Crippen molar-refractivity contribution < 1.29 is 19.1 Å². The van der Waals surface area contributed by atoms with Gasteiger partial charge in [0.25, 0.3) is 11.5 Å². The molecule has 13 nitrogen and oxygen atoms in total. The Labute approximate surface area is 357 Å². The van der Waals surface area contributed by atoms with Crippen LogP contribution in [-0.4, -0.2) is 115 Å². The molecule has 320 valence electrons. The summed E-state index contributed by atoms with van der Waals surface area (Å²) in [6.07, 6.45) is 10.9. The van der Waals surface area contributed by atoms with Crippen molar-refractivity contribution in [2.45, 2.75) is 64.1 Å². The summed E-state index contributed by atoms with van der Waals surface area (Å²) in [5, 5.41) is 4.33. The van der Waals surface area contributed by atoms with Gasteiger partial charge in [0.05, 0.1) is 25.2 Å². The lowest BCUT2D eigenvalue weighted by Crippen LogP contribution is -2.60. The molecule has 6 aliphatic heterocycles. The minimum absolute atomic E-state index is 0.0327. The fraction of sp³-hybridized carbons (Fsp3) is 0.500. The van der Waals surface area contributed by atoms with Crippen molar-refractivity contribution in [3.05, 3.63) is 88.1 Å². The first-order chi connectivity index (χ1) is 29.6. The number of nitrogens with zero attached hydrogens (tertiary/aromatic N) is 7. The van der Waals surface area contributed by atoms with Gasteiger partial charge in [-0.1, -0.05) is 12.6 Å². The summed E-state index contributed by atoms with van der Waals surface area (Å²) in [7, 11) is 5.24. The molecule has 0 saturated carbocycles. The SMILES string of the molecule is C=C1CC[C@@H](N2Cc3ccc(N4CC5(CCN(CC6CCN(Cc7c(OC)cc(-c8cn(C)c(=O)c9cnc(N%10CCC%10)cc89)cc7OC)CC6)CC5)C4)cc3C2=O)C(=O)N1. The van der Waals surface area contributed by atoms with Gasteiger partial charge in [0.1, 0.15) is 23.4 Å². The number of aromatic nitrogens is 2. The molecule has 2 aromatic carbocycles. The fourth-order valence-corrected chi connectivity index (χ4v) is 10.8. The zero-order chi connectivity index (χ0) is 42.0. The van der Waals surface area contributed by atoms with Gasteiger partial charge >= 0.3 is 0 Å². The van der Waals surface area contributed by atoms with E-state index in [2.05, 4.69) is 72.9 Å². The Hall–Kier alpha value is -5.40. The van der Waals surface area contributed by atoms with E-state index in [4.69, 9.17) is 9.47 Å². The van der Waals surface area contributed by atoms with Gasteiger partial charge in [-0.15, -0.1) is 0 Å². The predicted molar refractivity (Wildman–Crippen MR) is 237 cm³/mol. The molecule has 1 N–H and O–H groups in total. The molecule has 4 aromatic rings. The van der Waals surface area contributed by atoms with Crippen LogP contribution in [0.4, 0.5) is 11.5 Å².